The zero-order valence-electron chi connectivity index (χ0n) is 30.5. The highest BCUT2D eigenvalue weighted by Gasteiger charge is 2.27. The first kappa shape index (κ1) is 46.0. The minimum atomic E-state index is -4.45. The van der Waals surface area contributed by atoms with Gasteiger partial charge in [-0.1, -0.05) is 158 Å². The summed E-state index contributed by atoms with van der Waals surface area (Å²) in [6.07, 6.45) is 42.9. The Labute approximate surface area is 294 Å². The van der Waals surface area contributed by atoms with Crippen LogP contribution in [0.25, 0.3) is 0 Å². The molecule has 8 heteroatoms. The third kappa shape index (κ3) is 32.5. The molecular formula is C40H71NO6S. The van der Waals surface area contributed by atoms with Crippen molar-refractivity contribution in [2.45, 2.75) is 180 Å². The number of aliphatic hydroxyl groups excluding tert-OH is 2. The van der Waals surface area contributed by atoms with Crippen LogP contribution >= 0.6 is 0 Å². The topological polar surface area (TPSA) is 124 Å². The highest BCUT2D eigenvalue weighted by Crippen LogP contribution is 2.14. The first-order valence-corrected chi connectivity index (χ1v) is 20.7. The summed E-state index contributed by atoms with van der Waals surface area (Å²) in [4.78, 5) is 12.5. The van der Waals surface area contributed by atoms with Crippen molar-refractivity contribution in [2.75, 3.05) is 5.75 Å². The van der Waals surface area contributed by atoms with Gasteiger partial charge in [-0.25, -0.2) is 0 Å². The Kier molecular flexibility index (Phi) is 32.1. The van der Waals surface area contributed by atoms with Crippen LogP contribution in [0, 0.1) is 0 Å². The summed E-state index contributed by atoms with van der Waals surface area (Å²) >= 11 is 0. The standard InChI is InChI=1S/C40H71NO6S/c1-3-5-7-9-11-13-15-16-17-18-19-20-21-22-23-25-27-29-31-33-35-39(43)40(44)41-37(36-48(45,46)47)38(42)34-32-30-28-26-24-14-12-10-8-6-4-2/h5,7-8,10-11,13,24,26,32,34,37-39,42-43H,3-4,6,9,12,14-23,25,27-31,33,35-36H2,1-2H3,(H,41,44)(H,45,46,47)/b7-5-,10-8+,13-11-,26-24+,34-32+. The maximum absolute atomic E-state index is 12.5. The molecule has 0 aliphatic rings. The molecule has 0 aromatic rings. The SMILES string of the molecule is CC/C=C\C/C=C\CCCCCCCCCCCCCCCC(O)C(=O)NC(CS(=O)(=O)O)C(O)/C=C/CC/C=C/CC/C=C/CCC. The van der Waals surface area contributed by atoms with E-state index < -0.39 is 40.0 Å². The fraction of sp³-hybridized carbons (Fsp3) is 0.725. The van der Waals surface area contributed by atoms with Crippen LogP contribution in [0.5, 0.6) is 0 Å². The van der Waals surface area contributed by atoms with E-state index in [0.717, 1.165) is 64.2 Å². The van der Waals surface area contributed by atoms with Crippen LogP contribution in [-0.2, 0) is 14.9 Å². The molecule has 48 heavy (non-hydrogen) atoms. The summed E-state index contributed by atoms with van der Waals surface area (Å²) in [5.41, 5.74) is 0. The highest BCUT2D eigenvalue weighted by atomic mass is 32.2. The molecule has 0 aliphatic carbocycles. The average Bonchev–Trinajstić information content (AvgIpc) is 3.05. The molecule has 3 unspecified atom stereocenters. The zero-order chi connectivity index (χ0) is 35.6. The molecule has 0 spiro atoms. The molecule has 7 nitrogen and oxygen atoms in total. The number of carbonyl (C=O) groups is 1. The number of amides is 1. The lowest BCUT2D eigenvalue weighted by Gasteiger charge is -2.22. The molecule has 3 atom stereocenters. The first-order chi connectivity index (χ1) is 23.2. The Hall–Kier alpha value is -2.00. The van der Waals surface area contributed by atoms with Crippen molar-refractivity contribution in [1.82, 2.24) is 5.32 Å². The van der Waals surface area contributed by atoms with Crippen LogP contribution in [0.4, 0.5) is 0 Å². The molecule has 278 valence electrons. The van der Waals surface area contributed by atoms with Gasteiger partial charge in [0, 0.05) is 0 Å². The van der Waals surface area contributed by atoms with E-state index in [9.17, 15) is 28.0 Å². The van der Waals surface area contributed by atoms with Crippen molar-refractivity contribution in [3.63, 3.8) is 0 Å². The predicted molar refractivity (Wildman–Crippen MR) is 204 cm³/mol. The summed E-state index contributed by atoms with van der Waals surface area (Å²) < 4.78 is 32.4. The number of allylic oxidation sites excluding steroid dienone is 9. The van der Waals surface area contributed by atoms with Gasteiger partial charge in [0.15, 0.2) is 0 Å². The fourth-order valence-corrected chi connectivity index (χ4v) is 6.09. The second-order valence-electron chi connectivity index (χ2n) is 12.9. The lowest BCUT2D eigenvalue weighted by molar-refractivity contribution is -0.130. The van der Waals surface area contributed by atoms with E-state index in [1.54, 1.807) is 6.08 Å². The Morgan fingerprint density at radius 1 is 0.604 bits per heavy atom. The van der Waals surface area contributed by atoms with Crippen LogP contribution in [0.15, 0.2) is 60.8 Å². The molecule has 0 saturated heterocycles. The minimum Gasteiger partial charge on any atom is -0.387 e. The quantitative estimate of drug-likeness (QED) is 0.0308. The molecule has 0 rings (SSSR count). The van der Waals surface area contributed by atoms with Crippen molar-refractivity contribution < 1.29 is 28.0 Å². The van der Waals surface area contributed by atoms with Gasteiger partial charge in [-0.15, -0.1) is 0 Å². The number of hydrogen-bond acceptors (Lipinski definition) is 5. The number of carbonyl (C=O) groups excluding carboxylic acids is 1. The Morgan fingerprint density at radius 3 is 1.58 bits per heavy atom. The van der Waals surface area contributed by atoms with Crippen molar-refractivity contribution in [1.29, 1.82) is 0 Å². The summed E-state index contributed by atoms with van der Waals surface area (Å²) in [7, 11) is -4.45. The van der Waals surface area contributed by atoms with Gasteiger partial charge >= 0.3 is 0 Å². The van der Waals surface area contributed by atoms with Gasteiger partial charge in [0.25, 0.3) is 10.1 Å². The van der Waals surface area contributed by atoms with E-state index in [1.165, 1.54) is 70.3 Å². The van der Waals surface area contributed by atoms with Gasteiger partial charge in [0.05, 0.1) is 17.9 Å². The number of hydrogen-bond donors (Lipinski definition) is 4. The zero-order valence-corrected chi connectivity index (χ0v) is 31.3. The van der Waals surface area contributed by atoms with Crippen molar-refractivity contribution in [3.05, 3.63) is 60.8 Å². The smallest absolute Gasteiger partial charge is 0.267 e. The van der Waals surface area contributed by atoms with Gasteiger partial charge in [-0.2, -0.15) is 8.42 Å². The Balaban J connectivity index is 4.04. The molecule has 0 saturated carbocycles. The summed E-state index contributed by atoms with van der Waals surface area (Å²) in [5, 5.41) is 23.3. The van der Waals surface area contributed by atoms with Crippen molar-refractivity contribution in [3.8, 4) is 0 Å². The third-order valence-corrected chi connectivity index (χ3v) is 9.02. The molecule has 0 heterocycles. The summed E-state index contributed by atoms with van der Waals surface area (Å²) in [6, 6.07) is -1.26. The maximum Gasteiger partial charge on any atom is 0.267 e. The van der Waals surface area contributed by atoms with Crippen LogP contribution in [0.3, 0.4) is 0 Å². The van der Waals surface area contributed by atoms with Gasteiger partial charge < -0.3 is 15.5 Å². The van der Waals surface area contributed by atoms with Gasteiger partial charge in [0.2, 0.25) is 5.91 Å². The van der Waals surface area contributed by atoms with Gasteiger partial charge in [0.1, 0.15) is 6.10 Å². The van der Waals surface area contributed by atoms with Gasteiger partial charge in [-0.05, 0) is 64.2 Å². The lowest BCUT2D eigenvalue weighted by Crippen LogP contribution is -2.50. The van der Waals surface area contributed by atoms with Crippen molar-refractivity contribution >= 4 is 16.0 Å². The summed E-state index contributed by atoms with van der Waals surface area (Å²) in [5.74, 6) is -1.57. The fourth-order valence-electron chi connectivity index (χ4n) is 5.36. The third-order valence-electron chi connectivity index (χ3n) is 8.24. The molecular weight excluding hydrogens is 623 g/mol. The monoisotopic (exact) mass is 694 g/mol. The van der Waals surface area contributed by atoms with E-state index in [2.05, 4.69) is 67.8 Å². The Morgan fingerprint density at radius 2 is 1.06 bits per heavy atom. The van der Waals surface area contributed by atoms with E-state index in [-0.39, 0.29) is 6.42 Å². The number of nitrogens with one attached hydrogen (secondary N) is 1. The second kappa shape index (κ2) is 33.5. The molecule has 0 bridgehead atoms. The molecule has 0 aromatic heterocycles. The van der Waals surface area contributed by atoms with Crippen LogP contribution in [0.2, 0.25) is 0 Å². The van der Waals surface area contributed by atoms with E-state index in [1.807, 2.05) is 0 Å². The maximum atomic E-state index is 12.5. The molecule has 0 aliphatic heterocycles. The van der Waals surface area contributed by atoms with E-state index in [0.29, 0.717) is 12.8 Å². The lowest BCUT2D eigenvalue weighted by atomic mass is 10.0. The Bertz CT molecular complexity index is 1000. The second-order valence-corrected chi connectivity index (χ2v) is 14.4. The van der Waals surface area contributed by atoms with E-state index in [4.69, 9.17) is 0 Å². The molecule has 0 fully saturated rings. The largest absolute Gasteiger partial charge is 0.387 e. The van der Waals surface area contributed by atoms with Gasteiger partial charge in [-0.3, -0.25) is 9.35 Å². The first-order valence-electron chi connectivity index (χ1n) is 19.1. The van der Waals surface area contributed by atoms with Crippen LogP contribution in [0.1, 0.15) is 162 Å². The molecule has 1 amide bonds. The van der Waals surface area contributed by atoms with E-state index >= 15 is 0 Å². The van der Waals surface area contributed by atoms with Crippen molar-refractivity contribution in [2.24, 2.45) is 0 Å². The molecule has 0 radical (unpaired) electrons. The normalized spacial score (nSPS) is 14.7. The number of aliphatic hydroxyl groups is 2. The predicted octanol–water partition coefficient (Wildman–Crippen LogP) is 9.87. The minimum absolute atomic E-state index is 0.268. The summed E-state index contributed by atoms with van der Waals surface area (Å²) in [6.45, 7) is 4.31. The number of rotatable bonds is 33. The molecule has 4 N–H and O–H groups in total. The highest BCUT2D eigenvalue weighted by molar-refractivity contribution is 7.85. The average molecular weight is 694 g/mol. The number of unbranched alkanes of at least 4 members (excludes halogenated alkanes) is 16. The molecule has 0 aromatic carbocycles. The van der Waals surface area contributed by atoms with Crippen LogP contribution in [-0.4, -0.2) is 53.1 Å². The van der Waals surface area contributed by atoms with Crippen LogP contribution < -0.4 is 5.32 Å².